The molecule has 7 heteroatoms. The second-order valence-corrected chi connectivity index (χ2v) is 6.11. The average Bonchev–Trinajstić information content (AvgIpc) is 2.43. The molecule has 0 atom stereocenters. The molecule has 0 fully saturated rings. The molecule has 0 aromatic heterocycles. The van der Waals surface area contributed by atoms with Crippen LogP contribution in [0.1, 0.15) is 0 Å². The molecule has 0 saturated carbocycles. The predicted molar refractivity (Wildman–Crippen MR) is 79.7 cm³/mol. The molecule has 0 radical (unpaired) electrons. The van der Waals surface area contributed by atoms with E-state index < -0.39 is 10.0 Å². The van der Waals surface area contributed by atoms with Gasteiger partial charge in [-0.15, -0.1) is 0 Å². The number of nitrogens with one attached hydrogen (secondary N) is 1. The van der Waals surface area contributed by atoms with Crippen LogP contribution in [0.4, 0.5) is 11.4 Å². The Morgan fingerprint density at radius 3 is 2.60 bits per heavy atom. The standard InChI is InChI=1S/C13H13ClN2O3S/c1-19-10-3-2-4-11(8-10)20(17,18)16-9-5-6-13(15)12(14)7-9/h2-8,16H,15H2,1H3. The molecule has 0 bridgehead atoms. The van der Waals surface area contributed by atoms with Crippen molar-refractivity contribution in [1.29, 1.82) is 0 Å². The van der Waals surface area contributed by atoms with Crippen molar-refractivity contribution in [2.24, 2.45) is 0 Å². The average molecular weight is 313 g/mol. The molecule has 0 aliphatic rings. The molecule has 2 rings (SSSR count). The Hall–Kier alpha value is -1.92. The van der Waals surface area contributed by atoms with Crippen molar-refractivity contribution in [3.63, 3.8) is 0 Å². The summed E-state index contributed by atoms with van der Waals surface area (Å²) in [5.41, 5.74) is 6.30. The highest BCUT2D eigenvalue weighted by atomic mass is 35.5. The molecule has 5 nitrogen and oxygen atoms in total. The van der Waals surface area contributed by atoms with Crippen molar-refractivity contribution in [3.8, 4) is 5.75 Å². The fourth-order valence-corrected chi connectivity index (χ4v) is 2.84. The van der Waals surface area contributed by atoms with Crippen molar-refractivity contribution >= 4 is 33.0 Å². The largest absolute Gasteiger partial charge is 0.497 e. The van der Waals surface area contributed by atoms with E-state index in [2.05, 4.69) is 4.72 Å². The van der Waals surface area contributed by atoms with E-state index in [0.717, 1.165) is 0 Å². The minimum atomic E-state index is -3.70. The van der Waals surface area contributed by atoms with E-state index >= 15 is 0 Å². The van der Waals surface area contributed by atoms with Crippen LogP contribution in [0.5, 0.6) is 5.75 Å². The Morgan fingerprint density at radius 1 is 1.20 bits per heavy atom. The van der Waals surface area contributed by atoms with Crippen molar-refractivity contribution in [3.05, 3.63) is 47.5 Å². The van der Waals surface area contributed by atoms with Crippen molar-refractivity contribution < 1.29 is 13.2 Å². The van der Waals surface area contributed by atoms with Gasteiger partial charge in [-0.3, -0.25) is 4.72 Å². The van der Waals surface area contributed by atoms with Crippen LogP contribution in [-0.2, 0) is 10.0 Å². The van der Waals surface area contributed by atoms with Gasteiger partial charge in [0.1, 0.15) is 5.75 Å². The maximum Gasteiger partial charge on any atom is 0.262 e. The van der Waals surface area contributed by atoms with Crippen LogP contribution in [-0.4, -0.2) is 15.5 Å². The minimum absolute atomic E-state index is 0.102. The minimum Gasteiger partial charge on any atom is -0.497 e. The summed E-state index contributed by atoms with van der Waals surface area (Å²) >= 11 is 5.86. The zero-order chi connectivity index (χ0) is 14.8. The van der Waals surface area contributed by atoms with Crippen LogP contribution in [0.15, 0.2) is 47.4 Å². The summed E-state index contributed by atoms with van der Waals surface area (Å²) in [7, 11) is -2.23. The van der Waals surface area contributed by atoms with Gasteiger partial charge in [0.25, 0.3) is 10.0 Å². The molecule has 20 heavy (non-hydrogen) atoms. The van der Waals surface area contributed by atoms with Gasteiger partial charge in [-0.05, 0) is 30.3 Å². The molecular weight excluding hydrogens is 300 g/mol. The molecule has 106 valence electrons. The highest BCUT2D eigenvalue weighted by Crippen LogP contribution is 2.25. The lowest BCUT2D eigenvalue weighted by atomic mass is 10.3. The van der Waals surface area contributed by atoms with Crippen LogP contribution in [0, 0.1) is 0 Å². The molecule has 0 unspecified atom stereocenters. The van der Waals surface area contributed by atoms with Crippen LogP contribution >= 0.6 is 11.6 Å². The number of nitrogen functional groups attached to an aromatic ring is 1. The maximum atomic E-state index is 12.2. The zero-order valence-corrected chi connectivity index (χ0v) is 12.2. The lowest BCUT2D eigenvalue weighted by molar-refractivity contribution is 0.413. The number of anilines is 2. The van der Waals surface area contributed by atoms with Gasteiger partial charge in [0, 0.05) is 6.07 Å². The van der Waals surface area contributed by atoms with E-state index in [0.29, 0.717) is 17.1 Å². The van der Waals surface area contributed by atoms with E-state index in [-0.39, 0.29) is 9.92 Å². The second kappa shape index (κ2) is 5.60. The second-order valence-electron chi connectivity index (χ2n) is 4.02. The van der Waals surface area contributed by atoms with Crippen LogP contribution in [0.25, 0.3) is 0 Å². The smallest absolute Gasteiger partial charge is 0.262 e. The SMILES string of the molecule is COc1cccc(S(=O)(=O)Nc2ccc(N)c(Cl)c2)c1. The fraction of sp³-hybridized carbons (Fsp3) is 0.0769. The van der Waals surface area contributed by atoms with E-state index in [1.54, 1.807) is 18.2 Å². The summed E-state index contributed by atoms with van der Waals surface area (Å²) in [6.45, 7) is 0. The van der Waals surface area contributed by atoms with Gasteiger partial charge >= 0.3 is 0 Å². The number of halogens is 1. The Bertz CT molecular complexity index is 732. The number of nitrogens with two attached hydrogens (primary N) is 1. The number of benzene rings is 2. The fourth-order valence-electron chi connectivity index (χ4n) is 1.57. The van der Waals surface area contributed by atoms with Crippen LogP contribution in [0.3, 0.4) is 0 Å². The molecular formula is C13H13ClN2O3S. The number of sulfonamides is 1. The highest BCUT2D eigenvalue weighted by Gasteiger charge is 2.15. The van der Waals surface area contributed by atoms with E-state index in [9.17, 15) is 8.42 Å². The highest BCUT2D eigenvalue weighted by molar-refractivity contribution is 7.92. The third-order valence-corrected chi connectivity index (χ3v) is 4.31. The topological polar surface area (TPSA) is 81.4 Å². The van der Waals surface area contributed by atoms with Crippen molar-refractivity contribution in [2.45, 2.75) is 4.90 Å². The first kappa shape index (κ1) is 14.5. The Kier molecular flexibility index (Phi) is 4.06. The molecule has 0 heterocycles. The van der Waals surface area contributed by atoms with Crippen LogP contribution in [0.2, 0.25) is 5.02 Å². The first-order valence-corrected chi connectivity index (χ1v) is 7.50. The Labute approximate surface area is 122 Å². The summed E-state index contributed by atoms with van der Waals surface area (Å²) in [5.74, 6) is 0.461. The number of rotatable bonds is 4. The van der Waals surface area contributed by atoms with Gasteiger partial charge in [-0.2, -0.15) is 0 Å². The summed E-state index contributed by atoms with van der Waals surface area (Å²) in [6.07, 6.45) is 0. The molecule has 0 aliphatic carbocycles. The van der Waals surface area contributed by atoms with Gasteiger partial charge in [0.2, 0.25) is 0 Å². The van der Waals surface area contributed by atoms with E-state index in [1.807, 2.05) is 0 Å². The lowest BCUT2D eigenvalue weighted by Crippen LogP contribution is -2.13. The normalized spacial score (nSPS) is 11.1. The number of hydrogen-bond acceptors (Lipinski definition) is 4. The van der Waals surface area contributed by atoms with Gasteiger partial charge in [0.15, 0.2) is 0 Å². The van der Waals surface area contributed by atoms with E-state index in [4.69, 9.17) is 22.1 Å². The molecule has 3 N–H and O–H groups in total. The number of ether oxygens (including phenoxy) is 1. The monoisotopic (exact) mass is 312 g/mol. The quantitative estimate of drug-likeness (QED) is 0.851. The zero-order valence-electron chi connectivity index (χ0n) is 10.6. The lowest BCUT2D eigenvalue weighted by Gasteiger charge is -2.10. The van der Waals surface area contributed by atoms with Crippen LogP contribution < -0.4 is 15.2 Å². The predicted octanol–water partition coefficient (Wildman–Crippen LogP) is 2.73. The third kappa shape index (κ3) is 3.15. The molecule has 0 amide bonds. The summed E-state index contributed by atoms with van der Waals surface area (Å²) < 4.78 is 31.9. The van der Waals surface area contributed by atoms with Gasteiger partial charge in [-0.1, -0.05) is 17.7 Å². The van der Waals surface area contributed by atoms with Crippen molar-refractivity contribution in [1.82, 2.24) is 0 Å². The number of hydrogen-bond donors (Lipinski definition) is 2. The Balaban J connectivity index is 2.32. The van der Waals surface area contributed by atoms with Gasteiger partial charge in [0.05, 0.1) is 28.4 Å². The summed E-state index contributed by atoms with van der Waals surface area (Å²) in [6, 6.07) is 10.7. The molecule has 2 aromatic carbocycles. The van der Waals surface area contributed by atoms with Gasteiger partial charge in [-0.25, -0.2) is 8.42 Å². The van der Waals surface area contributed by atoms with E-state index in [1.165, 1.54) is 31.4 Å². The Morgan fingerprint density at radius 2 is 1.95 bits per heavy atom. The summed E-state index contributed by atoms with van der Waals surface area (Å²) in [5, 5.41) is 0.288. The number of methoxy groups -OCH3 is 1. The maximum absolute atomic E-state index is 12.2. The first-order valence-electron chi connectivity index (χ1n) is 5.64. The summed E-state index contributed by atoms with van der Waals surface area (Å²) in [4.78, 5) is 0.102. The van der Waals surface area contributed by atoms with Gasteiger partial charge < -0.3 is 10.5 Å². The molecule has 0 saturated heterocycles. The molecule has 0 spiro atoms. The molecule has 0 aliphatic heterocycles. The molecule has 2 aromatic rings. The first-order chi connectivity index (χ1) is 9.42. The third-order valence-electron chi connectivity index (χ3n) is 2.60. The van der Waals surface area contributed by atoms with Crippen molar-refractivity contribution in [2.75, 3.05) is 17.6 Å².